The number of nitrogens with one attached hydrogen (secondary N) is 2. The number of urea groups is 1. The van der Waals surface area contributed by atoms with Gasteiger partial charge < -0.3 is 10.6 Å². The van der Waals surface area contributed by atoms with E-state index in [1.165, 1.54) is 29.6 Å². The molecule has 0 radical (unpaired) electrons. The molecule has 6 rings (SSSR count). The van der Waals surface area contributed by atoms with Gasteiger partial charge in [0.2, 0.25) is 10.0 Å². The van der Waals surface area contributed by atoms with Crippen LogP contribution in [0.15, 0.2) is 29.2 Å². The molecule has 4 saturated carbocycles. The van der Waals surface area contributed by atoms with Crippen molar-refractivity contribution in [2.45, 2.75) is 67.8 Å². The van der Waals surface area contributed by atoms with Gasteiger partial charge in [-0.15, -0.1) is 0 Å². The molecule has 5 fully saturated rings. The Kier molecular flexibility index (Phi) is 5.27. The fourth-order valence-corrected chi connectivity index (χ4v) is 8.85. The lowest BCUT2D eigenvalue weighted by Crippen LogP contribution is -2.62. The number of rotatable bonds is 5. The topological polar surface area (TPSA) is 78.5 Å². The summed E-state index contributed by atoms with van der Waals surface area (Å²) >= 11 is 6.00. The first-order valence-electron chi connectivity index (χ1n) is 11.2. The first kappa shape index (κ1) is 20.6. The molecule has 4 bridgehead atoms. The molecule has 8 heteroatoms. The summed E-state index contributed by atoms with van der Waals surface area (Å²) < 4.78 is 27.7. The Labute approximate surface area is 183 Å². The molecule has 30 heavy (non-hydrogen) atoms. The van der Waals surface area contributed by atoms with E-state index in [1.54, 1.807) is 18.2 Å². The van der Waals surface area contributed by atoms with E-state index in [9.17, 15) is 13.2 Å². The summed E-state index contributed by atoms with van der Waals surface area (Å²) in [6, 6.07) is 6.00. The van der Waals surface area contributed by atoms with Crippen LogP contribution in [0.2, 0.25) is 5.02 Å². The number of nitrogens with zero attached hydrogens (tertiary/aromatic N) is 1. The minimum absolute atomic E-state index is 0.0406. The number of hydrogen-bond acceptors (Lipinski definition) is 3. The number of hydrogen-bond donors (Lipinski definition) is 2. The van der Waals surface area contributed by atoms with Crippen molar-refractivity contribution in [3.05, 3.63) is 29.3 Å². The third kappa shape index (κ3) is 3.84. The number of carbonyl (C=O) groups is 1. The highest BCUT2D eigenvalue weighted by Gasteiger charge is 2.51. The summed E-state index contributed by atoms with van der Waals surface area (Å²) in [5.74, 6) is 2.30. The van der Waals surface area contributed by atoms with E-state index in [0.717, 1.165) is 49.9 Å². The Hall–Kier alpha value is -1.31. The molecule has 1 heterocycles. The lowest BCUT2D eigenvalue weighted by Gasteiger charge is -2.56. The van der Waals surface area contributed by atoms with Crippen molar-refractivity contribution in [2.24, 2.45) is 17.8 Å². The highest BCUT2D eigenvalue weighted by molar-refractivity contribution is 7.89. The van der Waals surface area contributed by atoms with Gasteiger partial charge in [-0.25, -0.2) is 13.2 Å². The van der Waals surface area contributed by atoms with Gasteiger partial charge in [0.05, 0.1) is 4.90 Å². The Morgan fingerprint density at radius 3 is 2.43 bits per heavy atom. The van der Waals surface area contributed by atoms with E-state index in [1.807, 2.05) is 0 Å². The molecule has 1 saturated heterocycles. The van der Waals surface area contributed by atoms with Crippen LogP contribution in [0.25, 0.3) is 0 Å². The summed E-state index contributed by atoms with van der Waals surface area (Å²) in [5.41, 5.74) is -0.0406. The summed E-state index contributed by atoms with van der Waals surface area (Å²) in [4.78, 5) is 13.0. The quantitative estimate of drug-likeness (QED) is 0.715. The summed E-state index contributed by atoms with van der Waals surface area (Å²) in [6.45, 7) is 0.801. The molecule has 1 atom stereocenters. The van der Waals surface area contributed by atoms with E-state index in [4.69, 9.17) is 11.6 Å². The van der Waals surface area contributed by atoms with Gasteiger partial charge in [-0.05, 0) is 87.3 Å². The molecule has 1 aromatic carbocycles. The lowest BCUT2D eigenvalue weighted by atomic mass is 9.53. The average Bonchev–Trinajstić information content (AvgIpc) is 3.14. The van der Waals surface area contributed by atoms with Gasteiger partial charge in [0.15, 0.2) is 0 Å². The Bertz CT molecular complexity index is 900. The minimum Gasteiger partial charge on any atom is -0.337 e. The van der Waals surface area contributed by atoms with Crippen LogP contribution in [-0.4, -0.2) is 43.4 Å². The normalized spacial score (nSPS) is 35.5. The van der Waals surface area contributed by atoms with Crippen LogP contribution in [0.3, 0.4) is 0 Å². The van der Waals surface area contributed by atoms with E-state index in [0.29, 0.717) is 18.1 Å². The van der Waals surface area contributed by atoms with Crippen molar-refractivity contribution >= 4 is 27.7 Å². The largest absolute Gasteiger partial charge is 0.337 e. The highest BCUT2D eigenvalue weighted by atomic mass is 35.5. The zero-order valence-electron chi connectivity index (χ0n) is 17.1. The maximum atomic E-state index is 13.1. The number of sulfonamides is 1. The van der Waals surface area contributed by atoms with Crippen LogP contribution in [0, 0.1) is 17.8 Å². The number of benzene rings is 1. The van der Waals surface area contributed by atoms with Gasteiger partial charge in [-0.2, -0.15) is 4.31 Å². The number of amides is 2. The second kappa shape index (κ2) is 7.68. The first-order chi connectivity index (χ1) is 14.3. The second-order valence-electron chi connectivity index (χ2n) is 9.90. The van der Waals surface area contributed by atoms with E-state index in [-0.39, 0.29) is 22.5 Å². The molecule has 0 spiro atoms. The molecule has 6 nitrogen and oxygen atoms in total. The predicted octanol–water partition coefficient (Wildman–Crippen LogP) is 3.76. The Morgan fingerprint density at radius 1 is 1.13 bits per heavy atom. The second-order valence-corrected chi connectivity index (χ2v) is 12.2. The lowest BCUT2D eigenvalue weighted by molar-refractivity contribution is -0.0135. The van der Waals surface area contributed by atoms with E-state index < -0.39 is 10.0 Å². The van der Waals surface area contributed by atoms with Gasteiger partial charge in [0, 0.05) is 29.7 Å². The van der Waals surface area contributed by atoms with Crippen LogP contribution in [0.5, 0.6) is 0 Å². The van der Waals surface area contributed by atoms with Gasteiger partial charge in [-0.3, -0.25) is 0 Å². The van der Waals surface area contributed by atoms with Crippen molar-refractivity contribution in [1.82, 2.24) is 14.9 Å². The monoisotopic (exact) mass is 451 g/mol. The van der Waals surface area contributed by atoms with Crippen LogP contribution in [0.1, 0.15) is 51.4 Å². The molecule has 5 aliphatic rings. The van der Waals surface area contributed by atoms with Crippen LogP contribution in [-0.2, 0) is 10.0 Å². The van der Waals surface area contributed by atoms with Gasteiger partial charge in [-0.1, -0.05) is 17.7 Å². The van der Waals surface area contributed by atoms with Gasteiger partial charge in [0.25, 0.3) is 0 Å². The Balaban J connectivity index is 1.21. The molecule has 0 aromatic heterocycles. The smallest absolute Gasteiger partial charge is 0.315 e. The molecule has 2 N–H and O–H groups in total. The standard InChI is InChI=1S/C22H30ClN3O3S/c23-18-3-1-5-20(10-18)30(28,29)26-6-2-4-19(26)14-24-21(27)25-22-11-15-7-16(12-22)9-17(8-15)13-22/h1,3,5,10,15-17,19H,2,4,6-9,11-14H2,(H2,24,25,27). The SMILES string of the molecule is O=C(NCC1CCCN1S(=O)(=O)c1cccc(Cl)c1)NC12CC3CC(CC(C3)C1)C2. The number of carbonyl (C=O) groups excluding carboxylic acids is 1. The summed E-state index contributed by atoms with van der Waals surface area (Å²) in [7, 11) is -3.62. The number of halogens is 1. The third-order valence-electron chi connectivity index (χ3n) is 7.64. The fraction of sp³-hybridized carbons (Fsp3) is 0.682. The summed E-state index contributed by atoms with van der Waals surface area (Å²) in [5, 5.41) is 6.69. The van der Waals surface area contributed by atoms with Crippen molar-refractivity contribution < 1.29 is 13.2 Å². The molecular weight excluding hydrogens is 422 g/mol. The van der Waals surface area contributed by atoms with Crippen LogP contribution in [0.4, 0.5) is 4.79 Å². The molecule has 1 unspecified atom stereocenters. The van der Waals surface area contributed by atoms with Crippen molar-refractivity contribution in [1.29, 1.82) is 0 Å². The predicted molar refractivity (Wildman–Crippen MR) is 116 cm³/mol. The highest BCUT2D eigenvalue weighted by Crippen LogP contribution is 2.55. The molecule has 4 aliphatic carbocycles. The Morgan fingerprint density at radius 2 is 1.80 bits per heavy atom. The van der Waals surface area contributed by atoms with E-state index >= 15 is 0 Å². The van der Waals surface area contributed by atoms with Crippen molar-refractivity contribution in [3.63, 3.8) is 0 Å². The van der Waals surface area contributed by atoms with Gasteiger partial charge in [0.1, 0.15) is 0 Å². The molecule has 1 aromatic rings. The third-order valence-corrected chi connectivity index (χ3v) is 9.82. The molecular formula is C22H30ClN3O3S. The molecule has 2 amide bonds. The maximum absolute atomic E-state index is 13.1. The van der Waals surface area contributed by atoms with E-state index in [2.05, 4.69) is 10.6 Å². The maximum Gasteiger partial charge on any atom is 0.315 e. The molecule has 1 aliphatic heterocycles. The minimum atomic E-state index is -3.62. The van der Waals surface area contributed by atoms with Crippen LogP contribution >= 0.6 is 11.6 Å². The van der Waals surface area contributed by atoms with Crippen molar-refractivity contribution in [3.8, 4) is 0 Å². The summed E-state index contributed by atoms with van der Waals surface area (Å²) in [6.07, 6.45) is 8.85. The zero-order chi connectivity index (χ0) is 20.9. The molecule has 164 valence electrons. The van der Waals surface area contributed by atoms with Crippen LogP contribution < -0.4 is 10.6 Å². The zero-order valence-corrected chi connectivity index (χ0v) is 18.7. The van der Waals surface area contributed by atoms with Gasteiger partial charge >= 0.3 is 6.03 Å². The first-order valence-corrected chi connectivity index (χ1v) is 13.0. The van der Waals surface area contributed by atoms with Crippen molar-refractivity contribution in [2.75, 3.05) is 13.1 Å². The average molecular weight is 452 g/mol. The fourth-order valence-electron chi connectivity index (χ4n) is 6.85.